The molecule has 4 N–H and O–H groups in total. The van der Waals surface area contributed by atoms with E-state index in [2.05, 4.69) is 15.8 Å². The number of carbonyl (C=O) groups is 3. The molecule has 2 heterocycles. The summed E-state index contributed by atoms with van der Waals surface area (Å²) in [4.78, 5) is 39.5. The van der Waals surface area contributed by atoms with Crippen molar-refractivity contribution in [3.8, 4) is 21.6 Å². The van der Waals surface area contributed by atoms with E-state index < -0.39 is 5.41 Å². The molecule has 1 aliphatic rings. The summed E-state index contributed by atoms with van der Waals surface area (Å²) < 4.78 is 5.25. The average Bonchev–Trinajstić information content (AvgIpc) is 3.46. The third-order valence-corrected chi connectivity index (χ3v) is 8.21. The maximum absolute atomic E-state index is 13.1. The van der Waals surface area contributed by atoms with Gasteiger partial charge in [-0.1, -0.05) is 41.6 Å². The maximum atomic E-state index is 13.1. The summed E-state index contributed by atoms with van der Waals surface area (Å²) in [7, 11) is 0. The SMILES string of the molecule is CC(=O)c1ccc(-c2ccc(NC(=O)C3(C(=O)Nc4ccc(-c5cccc6onc(N)c56)cc4)CC3)cc2)s1. The summed E-state index contributed by atoms with van der Waals surface area (Å²) in [6.07, 6.45) is 0.969. The highest BCUT2D eigenvalue weighted by atomic mass is 32.1. The average molecular weight is 537 g/mol. The molecular formula is C30H24N4O4S. The quantitative estimate of drug-likeness (QED) is 0.164. The molecule has 2 amide bonds. The van der Waals surface area contributed by atoms with Gasteiger partial charge in [-0.25, -0.2) is 0 Å². The summed E-state index contributed by atoms with van der Waals surface area (Å²) >= 11 is 1.43. The second-order valence-corrected chi connectivity index (χ2v) is 10.7. The number of Topliss-reactive ketones (excluding diaryl/α,β-unsaturated/α-hetero) is 1. The van der Waals surface area contributed by atoms with Gasteiger partial charge in [0.1, 0.15) is 5.41 Å². The first-order valence-corrected chi connectivity index (χ1v) is 13.2. The van der Waals surface area contributed by atoms with Crippen molar-refractivity contribution in [2.45, 2.75) is 19.8 Å². The van der Waals surface area contributed by atoms with Crippen LogP contribution in [-0.4, -0.2) is 22.8 Å². The molecule has 3 aromatic carbocycles. The molecule has 5 aromatic rings. The Kier molecular flexibility index (Phi) is 6.00. The van der Waals surface area contributed by atoms with Gasteiger partial charge >= 0.3 is 0 Å². The van der Waals surface area contributed by atoms with Crippen LogP contribution >= 0.6 is 11.3 Å². The van der Waals surface area contributed by atoms with Crippen molar-refractivity contribution in [3.63, 3.8) is 0 Å². The number of rotatable bonds is 7. The molecule has 0 aliphatic heterocycles. The molecule has 0 bridgehead atoms. The fourth-order valence-electron chi connectivity index (χ4n) is 4.57. The smallest absolute Gasteiger partial charge is 0.240 e. The number of nitrogens with one attached hydrogen (secondary N) is 2. The van der Waals surface area contributed by atoms with Crippen molar-refractivity contribution in [3.05, 3.63) is 83.7 Å². The zero-order valence-electron chi connectivity index (χ0n) is 21.0. The first-order chi connectivity index (χ1) is 18.8. The van der Waals surface area contributed by atoms with E-state index in [1.807, 2.05) is 48.5 Å². The van der Waals surface area contributed by atoms with Crippen LogP contribution in [0.25, 0.3) is 32.5 Å². The number of ketones is 1. The van der Waals surface area contributed by atoms with Crippen LogP contribution in [0.15, 0.2) is 83.4 Å². The minimum absolute atomic E-state index is 0.0358. The lowest BCUT2D eigenvalue weighted by Crippen LogP contribution is -2.35. The molecule has 9 heteroatoms. The van der Waals surface area contributed by atoms with Gasteiger partial charge in [0, 0.05) is 16.3 Å². The van der Waals surface area contributed by atoms with Gasteiger partial charge in [0.25, 0.3) is 0 Å². The van der Waals surface area contributed by atoms with Gasteiger partial charge in [-0.05, 0) is 78.9 Å². The molecule has 194 valence electrons. The fraction of sp³-hybridized carbons (Fsp3) is 0.133. The number of anilines is 3. The Bertz CT molecular complexity index is 1730. The maximum Gasteiger partial charge on any atom is 0.240 e. The number of hydrogen-bond acceptors (Lipinski definition) is 7. The Morgan fingerprint density at radius 1 is 0.846 bits per heavy atom. The molecule has 2 aromatic heterocycles. The molecule has 1 aliphatic carbocycles. The van der Waals surface area contributed by atoms with Crippen LogP contribution in [0.4, 0.5) is 17.2 Å². The van der Waals surface area contributed by atoms with Crippen LogP contribution in [0, 0.1) is 5.41 Å². The minimum Gasteiger partial charge on any atom is -0.380 e. The predicted molar refractivity (Wildman–Crippen MR) is 153 cm³/mol. The molecule has 0 atom stereocenters. The highest BCUT2D eigenvalue weighted by Gasteiger charge is 2.56. The number of nitrogens with zero attached hydrogens (tertiary/aromatic N) is 1. The van der Waals surface area contributed by atoms with Crippen molar-refractivity contribution in [2.75, 3.05) is 16.4 Å². The van der Waals surface area contributed by atoms with Crippen LogP contribution in [0.5, 0.6) is 0 Å². The van der Waals surface area contributed by atoms with Gasteiger partial charge in [0.2, 0.25) is 11.8 Å². The minimum atomic E-state index is -1.09. The number of fused-ring (bicyclic) bond motifs is 1. The van der Waals surface area contributed by atoms with Gasteiger partial charge < -0.3 is 20.9 Å². The molecular weight excluding hydrogens is 512 g/mol. The molecule has 6 rings (SSSR count). The van der Waals surface area contributed by atoms with Gasteiger partial charge in [-0.15, -0.1) is 11.3 Å². The number of hydrogen-bond donors (Lipinski definition) is 3. The lowest BCUT2D eigenvalue weighted by molar-refractivity contribution is -0.131. The van der Waals surface area contributed by atoms with E-state index in [9.17, 15) is 14.4 Å². The fourth-order valence-corrected chi connectivity index (χ4v) is 5.48. The van der Waals surface area contributed by atoms with Crippen molar-refractivity contribution in [2.24, 2.45) is 5.41 Å². The zero-order chi connectivity index (χ0) is 27.1. The first kappa shape index (κ1) is 24.6. The van der Waals surface area contributed by atoms with Crippen LogP contribution < -0.4 is 16.4 Å². The molecule has 0 saturated heterocycles. The summed E-state index contributed by atoms with van der Waals surface area (Å²) in [5, 5.41) is 10.4. The van der Waals surface area contributed by atoms with Crippen LogP contribution in [0.3, 0.4) is 0 Å². The standard InChI is InChI=1S/C30H24N4O4S/c1-17(35)24-13-14-25(39-24)19-7-11-21(12-8-19)33-29(37)30(15-16-30)28(36)32-20-9-5-18(6-10-20)22-3-2-4-23-26(22)27(31)34-38-23/h2-14H,15-16H2,1H3,(H2,31,34)(H,32,36)(H,33,37). The lowest BCUT2D eigenvalue weighted by atomic mass is 10.0. The van der Waals surface area contributed by atoms with Crippen molar-refractivity contribution in [1.82, 2.24) is 5.16 Å². The van der Waals surface area contributed by atoms with Gasteiger partial charge in [-0.3, -0.25) is 14.4 Å². The molecule has 0 radical (unpaired) electrons. The van der Waals surface area contributed by atoms with Gasteiger partial charge in [0.15, 0.2) is 17.2 Å². The second-order valence-electron chi connectivity index (χ2n) is 9.61. The van der Waals surface area contributed by atoms with Crippen LogP contribution in [0.2, 0.25) is 0 Å². The van der Waals surface area contributed by atoms with Crippen LogP contribution in [-0.2, 0) is 9.59 Å². The normalized spacial score (nSPS) is 13.7. The Hall–Kier alpha value is -4.76. The summed E-state index contributed by atoms with van der Waals surface area (Å²) in [6.45, 7) is 1.55. The summed E-state index contributed by atoms with van der Waals surface area (Å²) in [6, 6.07) is 24.1. The van der Waals surface area contributed by atoms with Gasteiger partial charge in [-0.2, -0.15) is 0 Å². The highest BCUT2D eigenvalue weighted by molar-refractivity contribution is 7.17. The number of amides is 2. The molecule has 0 spiro atoms. The number of thiophene rings is 1. The van der Waals surface area contributed by atoms with Crippen LogP contribution in [0.1, 0.15) is 29.4 Å². The van der Waals surface area contributed by atoms with E-state index in [1.54, 1.807) is 37.3 Å². The van der Waals surface area contributed by atoms with E-state index in [1.165, 1.54) is 11.3 Å². The second kappa shape index (κ2) is 9.52. The number of nitrogen functional groups attached to an aromatic ring is 1. The van der Waals surface area contributed by atoms with Gasteiger partial charge in [0.05, 0.1) is 10.3 Å². The van der Waals surface area contributed by atoms with Crippen molar-refractivity contribution < 1.29 is 18.9 Å². The predicted octanol–water partition coefficient (Wildman–Crippen LogP) is 6.37. The first-order valence-electron chi connectivity index (χ1n) is 12.4. The number of benzene rings is 3. The summed E-state index contributed by atoms with van der Waals surface area (Å²) in [5.41, 5.74) is 9.43. The number of aromatic nitrogens is 1. The van der Waals surface area contributed by atoms with Crippen molar-refractivity contribution in [1.29, 1.82) is 0 Å². The Morgan fingerprint density at radius 3 is 2.03 bits per heavy atom. The number of carbonyl (C=O) groups excluding carboxylic acids is 3. The van der Waals surface area contributed by atoms with E-state index >= 15 is 0 Å². The molecule has 8 nitrogen and oxygen atoms in total. The Morgan fingerprint density at radius 2 is 1.46 bits per heavy atom. The van der Waals surface area contributed by atoms with E-state index in [4.69, 9.17) is 10.3 Å². The molecule has 1 saturated carbocycles. The monoisotopic (exact) mass is 536 g/mol. The highest BCUT2D eigenvalue weighted by Crippen LogP contribution is 2.47. The molecule has 39 heavy (non-hydrogen) atoms. The van der Waals surface area contributed by atoms with Crippen molar-refractivity contribution >= 4 is 57.1 Å². The largest absolute Gasteiger partial charge is 0.380 e. The number of nitrogens with two attached hydrogens (primary N) is 1. The third-order valence-electron chi connectivity index (χ3n) is 6.98. The zero-order valence-corrected chi connectivity index (χ0v) is 21.8. The molecule has 0 unspecified atom stereocenters. The summed E-state index contributed by atoms with van der Waals surface area (Å²) in [5.74, 6) is -0.296. The van der Waals surface area contributed by atoms with E-state index in [0.717, 1.165) is 27.0 Å². The lowest BCUT2D eigenvalue weighted by Gasteiger charge is -2.16. The molecule has 1 fully saturated rings. The van der Waals surface area contributed by atoms with E-state index in [-0.39, 0.29) is 17.6 Å². The van der Waals surface area contributed by atoms with E-state index in [0.29, 0.717) is 40.5 Å². The topological polar surface area (TPSA) is 127 Å². The Labute approximate surface area is 227 Å². The third kappa shape index (κ3) is 4.57. The Balaban J connectivity index is 1.12.